The fourth-order valence-corrected chi connectivity index (χ4v) is 5.01. The van der Waals surface area contributed by atoms with Gasteiger partial charge in [0, 0.05) is 0 Å². The summed E-state index contributed by atoms with van der Waals surface area (Å²) in [6.45, 7) is 0. The first-order valence-corrected chi connectivity index (χ1v) is 10.1. The fourth-order valence-electron chi connectivity index (χ4n) is 1.93. The number of rotatable bonds is 5. The van der Waals surface area contributed by atoms with Gasteiger partial charge in [-0.15, -0.1) is 22.7 Å². The topological polar surface area (TPSA) is 67.2 Å². The van der Waals surface area contributed by atoms with Crippen LogP contribution in [0.5, 0.6) is 11.5 Å². The molecule has 0 amide bonds. The van der Waals surface area contributed by atoms with Crippen molar-refractivity contribution in [2.24, 2.45) is 0 Å². The van der Waals surface area contributed by atoms with Crippen molar-refractivity contribution < 1.29 is 13.2 Å². The van der Waals surface area contributed by atoms with Gasteiger partial charge in [-0.1, -0.05) is 24.3 Å². The molecule has 0 bridgehead atoms. The number of nitrogens with zero attached hydrogens (tertiary/aromatic N) is 1. The highest BCUT2D eigenvalue weighted by molar-refractivity contribution is 7.97. The second-order valence-corrected chi connectivity index (χ2v) is 8.66. The molecular formula is C17H11NO3S3. The van der Waals surface area contributed by atoms with E-state index in [1.165, 1.54) is 23.5 Å². The lowest BCUT2D eigenvalue weighted by atomic mass is 10.3. The van der Waals surface area contributed by atoms with Crippen LogP contribution in [0.2, 0.25) is 0 Å². The minimum atomic E-state index is -3.80. The predicted octanol–water partition coefficient (Wildman–Crippen LogP) is 4.94. The Labute approximate surface area is 147 Å². The highest BCUT2D eigenvalue weighted by atomic mass is 32.2. The molecule has 120 valence electrons. The molecule has 0 aliphatic carbocycles. The number of benzene rings is 1. The number of allylic oxidation sites excluding steroid dienone is 1. The molecule has 3 rings (SSSR count). The van der Waals surface area contributed by atoms with Gasteiger partial charge >= 0.3 is 0 Å². The largest absolute Gasteiger partial charge is 0.456 e. The Morgan fingerprint density at radius 3 is 2.50 bits per heavy atom. The molecule has 0 aliphatic heterocycles. The van der Waals surface area contributed by atoms with E-state index in [9.17, 15) is 13.7 Å². The molecule has 1 aromatic carbocycles. The molecular weight excluding hydrogens is 362 g/mol. The molecule has 0 saturated heterocycles. The molecule has 24 heavy (non-hydrogen) atoms. The van der Waals surface area contributed by atoms with Crippen LogP contribution in [0, 0.1) is 11.3 Å². The van der Waals surface area contributed by atoms with Crippen molar-refractivity contribution in [3.05, 3.63) is 69.1 Å². The van der Waals surface area contributed by atoms with Crippen LogP contribution in [-0.4, -0.2) is 8.42 Å². The van der Waals surface area contributed by atoms with E-state index in [0.29, 0.717) is 16.4 Å². The summed E-state index contributed by atoms with van der Waals surface area (Å²) in [5, 5.41) is 12.8. The van der Waals surface area contributed by atoms with Gasteiger partial charge in [-0.25, -0.2) is 8.42 Å². The maximum atomic E-state index is 12.5. The van der Waals surface area contributed by atoms with E-state index in [1.54, 1.807) is 41.1 Å². The Balaban J connectivity index is 1.96. The first-order chi connectivity index (χ1) is 11.6. The van der Waals surface area contributed by atoms with E-state index in [2.05, 4.69) is 0 Å². The molecule has 0 unspecified atom stereocenters. The number of nitriles is 1. The fraction of sp³-hybridized carbons (Fsp3) is 0. The zero-order valence-electron chi connectivity index (χ0n) is 12.2. The van der Waals surface area contributed by atoms with Crippen molar-refractivity contribution in [3.63, 3.8) is 0 Å². The monoisotopic (exact) mass is 373 g/mol. The van der Waals surface area contributed by atoms with Crippen LogP contribution in [0.4, 0.5) is 0 Å². The van der Waals surface area contributed by atoms with Crippen molar-refractivity contribution >= 4 is 38.6 Å². The van der Waals surface area contributed by atoms with Crippen LogP contribution in [0.1, 0.15) is 4.88 Å². The van der Waals surface area contributed by atoms with E-state index in [0.717, 1.165) is 11.3 Å². The van der Waals surface area contributed by atoms with Gasteiger partial charge in [0.05, 0.1) is 4.88 Å². The van der Waals surface area contributed by atoms with Crippen molar-refractivity contribution in [2.75, 3.05) is 0 Å². The van der Waals surface area contributed by atoms with Gasteiger partial charge in [0.2, 0.25) is 9.84 Å². The summed E-state index contributed by atoms with van der Waals surface area (Å²) < 4.78 is 30.9. The van der Waals surface area contributed by atoms with Crippen LogP contribution >= 0.6 is 22.7 Å². The molecule has 0 saturated carbocycles. The maximum Gasteiger partial charge on any atom is 0.226 e. The van der Waals surface area contributed by atoms with Gasteiger partial charge in [0.15, 0.2) is 4.91 Å². The summed E-state index contributed by atoms with van der Waals surface area (Å²) >= 11 is 2.40. The van der Waals surface area contributed by atoms with Crippen molar-refractivity contribution in [3.8, 4) is 17.6 Å². The van der Waals surface area contributed by atoms with Crippen LogP contribution in [0.15, 0.2) is 68.4 Å². The first-order valence-electron chi connectivity index (χ1n) is 6.82. The second-order valence-electron chi connectivity index (χ2n) is 4.62. The zero-order chi connectivity index (χ0) is 17.0. The molecule has 0 N–H and O–H groups in total. The number of hydrogen-bond acceptors (Lipinski definition) is 6. The van der Waals surface area contributed by atoms with E-state index in [4.69, 9.17) is 4.74 Å². The molecule has 3 aromatic rings. The standard InChI is InChI=1S/C17H11NO3S3/c18-12-14(24(19,20)17-7-4-9-23-17)11-16-15(8-10-22-16)21-13-5-2-1-3-6-13/h1-11H/b14-11-. The predicted molar refractivity (Wildman–Crippen MR) is 95.9 cm³/mol. The first kappa shape index (κ1) is 16.5. The Hall–Kier alpha value is -2.40. The van der Waals surface area contributed by atoms with Crippen LogP contribution in [0.25, 0.3) is 6.08 Å². The molecule has 0 aliphatic rings. The van der Waals surface area contributed by atoms with Gasteiger partial charge < -0.3 is 4.74 Å². The minimum absolute atomic E-state index is 0.150. The molecule has 2 heterocycles. The van der Waals surface area contributed by atoms with E-state index < -0.39 is 9.84 Å². The number of thiophene rings is 2. The quantitative estimate of drug-likeness (QED) is 0.594. The molecule has 0 radical (unpaired) electrons. The summed E-state index contributed by atoms with van der Waals surface area (Å²) in [5.41, 5.74) is 0. The average Bonchev–Trinajstić information content (AvgIpc) is 3.26. The zero-order valence-corrected chi connectivity index (χ0v) is 14.7. The highest BCUT2D eigenvalue weighted by Gasteiger charge is 2.22. The molecule has 0 spiro atoms. The lowest BCUT2D eigenvalue weighted by Crippen LogP contribution is -2.01. The second kappa shape index (κ2) is 7.01. The summed E-state index contributed by atoms with van der Waals surface area (Å²) in [4.78, 5) is 0.279. The molecule has 2 aromatic heterocycles. The molecule has 7 heteroatoms. The third-order valence-electron chi connectivity index (χ3n) is 3.05. The summed E-state index contributed by atoms with van der Waals surface area (Å²) in [7, 11) is -3.80. The van der Waals surface area contributed by atoms with Crippen molar-refractivity contribution in [1.82, 2.24) is 0 Å². The number of sulfone groups is 1. The summed E-state index contributed by atoms with van der Waals surface area (Å²) in [6.07, 6.45) is 1.36. The van der Waals surface area contributed by atoms with Gasteiger partial charge in [0.1, 0.15) is 21.8 Å². The molecule has 4 nitrogen and oxygen atoms in total. The maximum absolute atomic E-state index is 12.5. The third kappa shape index (κ3) is 3.41. The lowest BCUT2D eigenvalue weighted by molar-refractivity contribution is 0.484. The Morgan fingerprint density at radius 1 is 1.04 bits per heavy atom. The normalized spacial score (nSPS) is 11.9. The van der Waals surface area contributed by atoms with Gasteiger partial charge in [-0.05, 0) is 41.1 Å². The number of para-hydroxylation sites is 1. The molecule has 0 atom stereocenters. The Kier molecular flexibility index (Phi) is 4.81. The van der Waals surface area contributed by atoms with E-state index >= 15 is 0 Å². The Morgan fingerprint density at radius 2 is 1.83 bits per heavy atom. The van der Waals surface area contributed by atoms with Crippen LogP contribution < -0.4 is 4.74 Å². The average molecular weight is 373 g/mol. The van der Waals surface area contributed by atoms with Crippen molar-refractivity contribution in [2.45, 2.75) is 4.21 Å². The van der Waals surface area contributed by atoms with Crippen LogP contribution in [0.3, 0.4) is 0 Å². The van der Waals surface area contributed by atoms with Crippen LogP contribution in [-0.2, 0) is 9.84 Å². The number of hydrogen-bond donors (Lipinski definition) is 0. The minimum Gasteiger partial charge on any atom is -0.456 e. The highest BCUT2D eigenvalue weighted by Crippen LogP contribution is 2.33. The Bertz CT molecular complexity index is 995. The smallest absolute Gasteiger partial charge is 0.226 e. The van der Waals surface area contributed by atoms with E-state index in [1.807, 2.05) is 18.2 Å². The molecule has 0 fully saturated rings. The lowest BCUT2D eigenvalue weighted by Gasteiger charge is -2.05. The number of ether oxygens (including phenoxy) is 1. The SMILES string of the molecule is N#C/C(=C/c1sccc1Oc1ccccc1)S(=O)(=O)c1cccs1. The van der Waals surface area contributed by atoms with Gasteiger partial charge in [0.25, 0.3) is 0 Å². The third-order valence-corrected chi connectivity index (χ3v) is 6.96. The summed E-state index contributed by atoms with van der Waals surface area (Å²) in [6, 6.07) is 15.8. The van der Waals surface area contributed by atoms with Gasteiger partial charge in [-0.2, -0.15) is 5.26 Å². The van der Waals surface area contributed by atoms with Crippen molar-refractivity contribution in [1.29, 1.82) is 5.26 Å². The van der Waals surface area contributed by atoms with Gasteiger partial charge in [-0.3, -0.25) is 0 Å². The summed E-state index contributed by atoms with van der Waals surface area (Å²) in [5.74, 6) is 1.16. The van der Waals surface area contributed by atoms with E-state index in [-0.39, 0.29) is 9.11 Å².